The molecule has 0 saturated heterocycles. The number of hydrogen-bond acceptors (Lipinski definition) is 3. The van der Waals surface area contributed by atoms with Gasteiger partial charge in [-0.15, -0.1) is 0 Å². The number of carbonyl (C=O) groups excluding carboxylic acids is 1. The third kappa shape index (κ3) is 3.94. The van der Waals surface area contributed by atoms with Crippen LogP contribution >= 0.6 is 12.2 Å². The average Bonchev–Trinajstić information content (AvgIpc) is 2.48. The van der Waals surface area contributed by atoms with Crippen molar-refractivity contribution in [3.63, 3.8) is 0 Å². The molecule has 2 rings (SSSR count). The van der Waals surface area contributed by atoms with Gasteiger partial charge in [-0.3, -0.25) is 4.79 Å². The fourth-order valence-corrected chi connectivity index (χ4v) is 3.08. The topological polar surface area (TPSA) is 64.3 Å². The summed E-state index contributed by atoms with van der Waals surface area (Å²) < 4.78 is 5.11. The number of thiocarbonyl (C=S) groups is 1. The highest BCUT2D eigenvalue weighted by Gasteiger charge is 2.36. The van der Waals surface area contributed by atoms with E-state index in [4.69, 9.17) is 22.7 Å². The molecule has 4 nitrogen and oxygen atoms in total. The summed E-state index contributed by atoms with van der Waals surface area (Å²) in [6.07, 6.45) is 5.31. The molecule has 0 aromatic heterocycles. The zero-order valence-electron chi connectivity index (χ0n) is 12.4. The lowest BCUT2D eigenvalue weighted by Crippen LogP contribution is -2.58. The Kier molecular flexibility index (Phi) is 5.17. The number of nitrogens with two attached hydrogens (primary N) is 1. The summed E-state index contributed by atoms with van der Waals surface area (Å²) >= 11 is 5.19. The first kappa shape index (κ1) is 15.8. The molecular formula is C16H22N2O2S. The summed E-state index contributed by atoms with van der Waals surface area (Å²) in [6, 6.07) is 7.50. The van der Waals surface area contributed by atoms with Crippen molar-refractivity contribution in [3.8, 4) is 5.75 Å². The minimum absolute atomic E-state index is 0.0325. The van der Waals surface area contributed by atoms with Gasteiger partial charge >= 0.3 is 0 Å². The quantitative estimate of drug-likeness (QED) is 0.820. The molecule has 1 aromatic carbocycles. The highest BCUT2D eigenvalue weighted by atomic mass is 32.1. The molecule has 5 heteroatoms. The molecule has 1 aliphatic rings. The highest BCUT2D eigenvalue weighted by Crippen LogP contribution is 2.28. The fourth-order valence-electron chi connectivity index (χ4n) is 2.83. The van der Waals surface area contributed by atoms with E-state index >= 15 is 0 Å². The van der Waals surface area contributed by atoms with Crippen LogP contribution in [0.2, 0.25) is 0 Å². The monoisotopic (exact) mass is 306 g/mol. The Hall–Kier alpha value is -1.62. The van der Waals surface area contributed by atoms with E-state index in [9.17, 15) is 4.79 Å². The molecule has 0 unspecified atom stereocenters. The molecule has 0 spiro atoms. The SMILES string of the molecule is COc1ccc(CC(=O)NC2(C(N)=S)CCCCC2)cc1. The first-order chi connectivity index (χ1) is 10.1. The predicted molar refractivity (Wildman–Crippen MR) is 87.4 cm³/mol. The number of methoxy groups -OCH3 is 1. The van der Waals surface area contributed by atoms with Crippen LogP contribution in [-0.2, 0) is 11.2 Å². The van der Waals surface area contributed by atoms with Crippen molar-refractivity contribution in [2.75, 3.05) is 7.11 Å². The van der Waals surface area contributed by atoms with E-state index < -0.39 is 5.54 Å². The summed E-state index contributed by atoms with van der Waals surface area (Å²) in [4.78, 5) is 12.7. The van der Waals surface area contributed by atoms with E-state index in [2.05, 4.69) is 5.32 Å². The van der Waals surface area contributed by atoms with E-state index in [0.717, 1.165) is 37.0 Å². The molecule has 0 bridgehead atoms. The Labute approximate surface area is 131 Å². The van der Waals surface area contributed by atoms with E-state index in [-0.39, 0.29) is 5.91 Å². The number of nitrogens with one attached hydrogen (secondary N) is 1. The Morgan fingerprint density at radius 3 is 2.43 bits per heavy atom. The maximum Gasteiger partial charge on any atom is 0.225 e. The number of carbonyl (C=O) groups is 1. The molecule has 1 saturated carbocycles. The van der Waals surface area contributed by atoms with Gasteiger partial charge in [0.2, 0.25) is 5.91 Å². The number of amides is 1. The normalized spacial score (nSPS) is 17.0. The van der Waals surface area contributed by atoms with Gasteiger partial charge in [0.1, 0.15) is 5.75 Å². The second-order valence-electron chi connectivity index (χ2n) is 5.58. The average molecular weight is 306 g/mol. The van der Waals surface area contributed by atoms with Crippen molar-refractivity contribution >= 4 is 23.1 Å². The summed E-state index contributed by atoms with van der Waals surface area (Å²) in [5.41, 5.74) is 6.34. The summed E-state index contributed by atoms with van der Waals surface area (Å²) in [6.45, 7) is 0. The minimum Gasteiger partial charge on any atom is -0.497 e. The summed E-state index contributed by atoms with van der Waals surface area (Å²) in [5.74, 6) is 0.751. The lowest BCUT2D eigenvalue weighted by atomic mass is 9.81. The van der Waals surface area contributed by atoms with Crippen LogP contribution in [0.5, 0.6) is 5.75 Å². The molecule has 21 heavy (non-hydrogen) atoms. The van der Waals surface area contributed by atoms with Crippen LogP contribution < -0.4 is 15.8 Å². The largest absolute Gasteiger partial charge is 0.497 e. The van der Waals surface area contributed by atoms with Gasteiger partial charge in [-0.1, -0.05) is 43.6 Å². The molecule has 0 heterocycles. The van der Waals surface area contributed by atoms with E-state index in [0.29, 0.717) is 11.4 Å². The molecule has 114 valence electrons. The second kappa shape index (κ2) is 6.89. The number of rotatable bonds is 5. The molecule has 1 aliphatic carbocycles. The molecule has 1 aromatic rings. The Bertz CT molecular complexity index is 508. The molecule has 3 N–H and O–H groups in total. The summed E-state index contributed by atoms with van der Waals surface area (Å²) in [7, 11) is 1.62. The van der Waals surface area contributed by atoms with E-state index in [1.54, 1.807) is 7.11 Å². The van der Waals surface area contributed by atoms with Crippen molar-refractivity contribution < 1.29 is 9.53 Å². The molecular weight excluding hydrogens is 284 g/mol. The highest BCUT2D eigenvalue weighted by molar-refractivity contribution is 7.80. The smallest absolute Gasteiger partial charge is 0.225 e. The number of hydrogen-bond donors (Lipinski definition) is 2. The predicted octanol–water partition coefficient (Wildman–Crippen LogP) is 2.34. The van der Waals surface area contributed by atoms with Crippen molar-refractivity contribution in [2.24, 2.45) is 5.73 Å². The zero-order chi connectivity index (χ0) is 15.3. The van der Waals surface area contributed by atoms with Crippen molar-refractivity contribution in [1.29, 1.82) is 0 Å². The molecule has 1 amide bonds. The van der Waals surface area contributed by atoms with Crippen LogP contribution in [0.15, 0.2) is 24.3 Å². The van der Waals surface area contributed by atoms with Gasteiger partial charge in [0, 0.05) is 0 Å². The van der Waals surface area contributed by atoms with Crippen LogP contribution in [0.3, 0.4) is 0 Å². The third-order valence-electron chi connectivity index (χ3n) is 4.08. The third-order valence-corrected chi connectivity index (χ3v) is 4.47. The van der Waals surface area contributed by atoms with Gasteiger partial charge in [0.05, 0.1) is 24.1 Å². The van der Waals surface area contributed by atoms with Crippen molar-refractivity contribution in [3.05, 3.63) is 29.8 Å². The van der Waals surface area contributed by atoms with Crippen molar-refractivity contribution in [2.45, 2.75) is 44.1 Å². The Morgan fingerprint density at radius 1 is 1.29 bits per heavy atom. The Morgan fingerprint density at radius 2 is 1.90 bits per heavy atom. The van der Waals surface area contributed by atoms with E-state index in [1.165, 1.54) is 6.42 Å². The second-order valence-corrected chi connectivity index (χ2v) is 6.02. The number of ether oxygens (including phenoxy) is 1. The minimum atomic E-state index is -0.489. The van der Waals surface area contributed by atoms with Crippen molar-refractivity contribution in [1.82, 2.24) is 5.32 Å². The van der Waals surface area contributed by atoms with Crippen LogP contribution in [-0.4, -0.2) is 23.5 Å². The van der Waals surface area contributed by atoms with Gasteiger partial charge < -0.3 is 15.8 Å². The van der Waals surface area contributed by atoms with Gasteiger partial charge in [-0.05, 0) is 30.5 Å². The maximum absolute atomic E-state index is 12.3. The Balaban J connectivity index is 2.00. The standard InChI is InChI=1S/C16H22N2O2S/c1-20-13-7-5-12(6-8-13)11-14(19)18-16(15(17)21)9-3-2-4-10-16/h5-8H,2-4,9-11H2,1H3,(H2,17,21)(H,18,19). The van der Waals surface area contributed by atoms with Gasteiger partial charge in [0.25, 0.3) is 0 Å². The molecule has 0 atom stereocenters. The lowest BCUT2D eigenvalue weighted by molar-refractivity contribution is -0.121. The summed E-state index contributed by atoms with van der Waals surface area (Å²) in [5, 5.41) is 3.07. The molecule has 0 aliphatic heterocycles. The maximum atomic E-state index is 12.3. The molecule has 1 fully saturated rings. The van der Waals surface area contributed by atoms with Gasteiger partial charge in [-0.25, -0.2) is 0 Å². The fraction of sp³-hybridized carbons (Fsp3) is 0.500. The molecule has 0 radical (unpaired) electrons. The van der Waals surface area contributed by atoms with Crippen LogP contribution in [0.1, 0.15) is 37.7 Å². The first-order valence-corrected chi connectivity index (χ1v) is 7.70. The van der Waals surface area contributed by atoms with Crippen LogP contribution in [0.25, 0.3) is 0 Å². The lowest BCUT2D eigenvalue weighted by Gasteiger charge is -2.37. The zero-order valence-corrected chi connectivity index (χ0v) is 13.2. The van der Waals surface area contributed by atoms with E-state index in [1.807, 2.05) is 24.3 Å². The van der Waals surface area contributed by atoms with Crippen LogP contribution in [0, 0.1) is 0 Å². The first-order valence-electron chi connectivity index (χ1n) is 7.29. The van der Waals surface area contributed by atoms with Gasteiger partial charge in [-0.2, -0.15) is 0 Å². The van der Waals surface area contributed by atoms with Gasteiger partial charge in [0.15, 0.2) is 0 Å². The number of benzene rings is 1. The van der Waals surface area contributed by atoms with Crippen LogP contribution in [0.4, 0.5) is 0 Å².